The van der Waals surface area contributed by atoms with Crippen molar-refractivity contribution in [2.24, 2.45) is 0 Å². The fourth-order valence-electron chi connectivity index (χ4n) is 3.54. The standard InChI is InChI=1S/C25H15F7O2/c1-33-16-4-7-18(21(27)11-16)14-2-5-17(20(26)9-14)13-3-6-19-15(8-13)10-22(28)24(23(19)29)34-12-25(30,31)32/h2-11H,12H2,1H3. The topological polar surface area (TPSA) is 18.5 Å². The summed E-state index contributed by atoms with van der Waals surface area (Å²) in [6.07, 6.45) is -4.77. The van der Waals surface area contributed by atoms with E-state index in [1.807, 2.05) is 0 Å². The maximum Gasteiger partial charge on any atom is 0.422 e. The third-order valence-corrected chi connectivity index (χ3v) is 5.13. The van der Waals surface area contributed by atoms with Gasteiger partial charge in [0, 0.05) is 22.6 Å². The Morgan fingerprint density at radius 3 is 1.94 bits per heavy atom. The Bertz CT molecular complexity index is 1380. The van der Waals surface area contributed by atoms with Crippen molar-refractivity contribution in [2.45, 2.75) is 6.18 Å². The van der Waals surface area contributed by atoms with Gasteiger partial charge in [-0.3, -0.25) is 0 Å². The van der Waals surface area contributed by atoms with Crippen LogP contribution in [0.3, 0.4) is 0 Å². The minimum absolute atomic E-state index is 0.00321. The second-order valence-electron chi connectivity index (χ2n) is 7.38. The van der Waals surface area contributed by atoms with Gasteiger partial charge in [-0.05, 0) is 46.8 Å². The molecule has 0 N–H and O–H groups in total. The summed E-state index contributed by atoms with van der Waals surface area (Å²) in [5.41, 5.74) is 0.762. The number of fused-ring (bicyclic) bond motifs is 1. The Labute approximate surface area is 189 Å². The third-order valence-electron chi connectivity index (χ3n) is 5.13. The zero-order chi connectivity index (χ0) is 24.6. The van der Waals surface area contributed by atoms with Crippen LogP contribution in [0.5, 0.6) is 11.5 Å². The monoisotopic (exact) mass is 480 g/mol. The lowest BCUT2D eigenvalue weighted by Gasteiger charge is -2.13. The molecule has 0 aliphatic rings. The van der Waals surface area contributed by atoms with Crippen molar-refractivity contribution in [1.29, 1.82) is 0 Å². The van der Waals surface area contributed by atoms with E-state index in [9.17, 15) is 30.7 Å². The van der Waals surface area contributed by atoms with E-state index in [-0.39, 0.29) is 33.0 Å². The highest BCUT2D eigenvalue weighted by Crippen LogP contribution is 2.35. The average molecular weight is 480 g/mol. The molecule has 4 aromatic rings. The van der Waals surface area contributed by atoms with Gasteiger partial charge in [0.05, 0.1) is 7.11 Å². The summed E-state index contributed by atoms with van der Waals surface area (Å²) in [7, 11) is 1.39. The number of halogens is 7. The van der Waals surface area contributed by atoms with Gasteiger partial charge < -0.3 is 9.47 Å². The van der Waals surface area contributed by atoms with Crippen molar-refractivity contribution in [3.63, 3.8) is 0 Å². The number of hydrogen-bond acceptors (Lipinski definition) is 2. The number of rotatable bonds is 5. The SMILES string of the molecule is COc1ccc(-c2ccc(-c3ccc4c(F)c(OCC(F)(F)F)c(F)cc4c3)c(F)c2)c(F)c1. The molecule has 0 aliphatic heterocycles. The Morgan fingerprint density at radius 2 is 1.32 bits per heavy atom. The molecule has 0 saturated heterocycles. The molecule has 0 atom stereocenters. The fraction of sp³-hybridized carbons (Fsp3) is 0.120. The molecule has 0 fully saturated rings. The van der Waals surface area contributed by atoms with Crippen LogP contribution in [0.4, 0.5) is 30.7 Å². The van der Waals surface area contributed by atoms with E-state index < -0.39 is 41.8 Å². The third kappa shape index (κ3) is 4.64. The molecule has 0 spiro atoms. The maximum absolute atomic E-state index is 14.9. The van der Waals surface area contributed by atoms with Crippen LogP contribution in [0.25, 0.3) is 33.0 Å². The minimum Gasteiger partial charge on any atom is -0.497 e. The van der Waals surface area contributed by atoms with Crippen LogP contribution in [0.1, 0.15) is 0 Å². The molecule has 0 radical (unpaired) electrons. The first-order chi connectivity index (χ1) is 16.1. The predicted molar refractivity (Wildman–Crippen MR) is 113 cm³/mol. The number of hydrogen-bond donors (Lipinski definition) is 0. The highest BCUT2D eigenvalue weighted by atomic mass is 19.4. The Kier molecular flexibility index (Phi) is 6.12. The number of ether oxygens (including phenoxy) is 2. The van der Waals surface area contributed by atoms with E-state index in [1.165, 1.54) is 55.6 Å². The lowest BCUT2D eigenvalue weighted by atomic mass is 9.97. The highest BCUT2D eigenvalue weighted by molar-refractivity contribution is 5.89. The zero-order valence-corrected chi connectivity index (χ0v) is 17.4. The molecule has 34 heavy (non-hydrogen) atoms. The summed E-state index contributed by atoms with van der Waals surface area (Å²) in [5, 5.41) is -0.198. The number of benzene rings is 4. The van der Waals surface area contributed by atoms with E-state index in [4.69, 9.17) is 4.74 Å². The van der Waals surface area contributed by atoms with Gasteiger partial charge >= 0.3 is 6.18 Å². The van der Waals surface area contributed by atoms with Crippen molar-refractivity contribution >= 4 is 10.8 Å². The zero-order valence-electron chi connectivity index (χ0n) is 17.4. The lowest BCUT2D eigenvalue weighted by molar-refractivity contribution is -0.154. The second-order valence-corrected chi connectivity index (χ2v) is 7.38. The second kappa shape index (κ2) is 8.89. The van der Waals surface area contributed by atoms with Crippen LogP contribution in [0.2, 0.25) is 0 Å². The van der Waals surface area contributed by atoms with Crippen LogP contribution >= 0.6 is 0 Å². The Morgan fingerprint density at radius 1 is 0.706 bits per heavy atom. The maximum atomic E-state index is 14.9. The Balaban J connectivity index is 1.70. The molecule has 0 aliphatic carbocycles. The van der Waals surface area contributed by atoms with E-state index in [0.29, 0.717) is 5.75 Å². The van der Waals surface area contributed by atoms with Gasteiger partial charge in [0.2, 0.25) is 0 Å². The van der Waals surface area contributed by atoms with Crippen molar-refractivity contribution < 1.29 is 40.2 Å². The molecular weight excluding hydrogens is 465 g/mol. The van der Waals surface area contributed by atoms with Gasteiger partial charge in [-0.15, -0.1) is 0 Å². The predicted octanol–water partition coefficient (Wildman–Crippen LogP) is 7.68. The average Bonchev–Trinajstić information content (AvgIpc) is 2.77. The summed E-state index contributed by atoms with van der Waals surface area (Å²) in [6, 6.07) is 12.8. The summed E-state index contributed by atoms with van der Waals surface area (Å²) in [5.74, 6) is -4.77. The van der Waals surface area contributed by atoms with Gasteiger partial charge in [-0.2, -0.15) is 13.2 Å². The molecule has 0 unspecified atom stereocenters. The molecule has 4 aromatic carbocycles. The van der Waals surface area contributed by atoms with Crippen LogP contribution in [-0.2, 0) is 0 Å². The molecular formula is C25H15F7O2. The highest BCUT2D eigenvalue weighted by Gasteiger charge is 2.30. The van der Waals surface area contributed by atoms with Gasteiger partial charge in [-0.1, -0.05) is 24.3 Å². The number of methoxy groups -OCH3 is 1. The van der Waals surface area contributed by atoms with E-state index in [2.05, 4.69) is 4.74 Å². The molecule has 4 rings (SSSR count). The van der Waals surface area contributed by atoms with E-state index in [0.717, 1.165) is 12.1 Å². The summed E-state index contributed by atoms with van der Waals surface area (Å²) >= 11 is 0. The normalized spacial score (nSPS) is 11.6. The Hall–Kier alpha value is -3.75. The van der Waals surface area contributed by atoms with Crippen LogP contribution in [0, 0.1) is 23.3 Å². The molecule has 176 valence electrons. The minimum atomic E-state index is -4.77. The first-order valence-corrected chi connectivity index (χ1v) is 9.82. The number of alkyl halides is 3. The summed E-state index contributed by atoms with van der Waals surface area (Å²) in [4.78, 5) is 0. The van der Waals surface area contributed by atoms with Crippen molar-refractivity contribution in [3.8, 4) is 33.8 Å². The molecule has 0 amide bonds. The van der Waals surface area contributed by atoms with Gasteiger partial charge in [0.1, 0.15) is 17.4 Å². The van der Waals surface area contributed by atoms with Crippen molar-refractivity contribution in [2.75, 3.05) is 13.7 Å². The van der Waals surface area contributed by atoms with Crippen molar-refractivity contribution in [3.05, 3.63) is 83.9 Å². The molecule has 9 heteroatoms. The van der Waals surface area contributed by atoms with Crippen LogP contribution in [0.15, 0.2) is 60.7 Å². The molecule has 0 aromatic heterocycles. The van der Waals surface area contributed by atoms with E-state index in [1.54, 1.807) is 0 Å². The molecule has 0 heterocycles. The first-order valence-electron chi connectivity index (χ1n) is 9.82. The van der Waals surface area contributed by atoms with Gasteiger partial charge in [0.15, 0.2) is 24.0 Å². The largest absolute Gasteiger partial charge is 0.497 e. The quantitative estimate of drug-likeness (QED) is 0.273. The molecule has 0 saturated carbocycles. The summed E-state index contributed by atoms with van der Waals surface area (Å²) < 4.78 is 104. The molecule has 2 nitrogen and oxygen atoms in total. The van der Waals surface area contributed by atoms with E-state index >= 15 is 0 Å². The lowest BCUT2D eigenvalue weighted by Crippen LogP contribution is -2.20. The van der Waals surface area contributed by atoms with Gasteiger partial charge in [-0.25, -0.2) is 17.6 Å². The molecule has 0 bridgehead atoms. The van der Waals surface area contributed by atoms with Crippen molar-refractivity contribution in [1.82, 2.24) is 0 Å². The smallest absolute Gasteiger partial charge is 0.422 e. The van der Waals surface area contributed by atoms with Crippen LogP contribution < -0.4 is 9.47 Å². The van der Waals surface area contributed by atoms with Gasteiger partial charge in [0.25, 0.3) is 0 Å². The van der Waals surface area contributed by atoms with Crippen LogP contribution in [-0.4, -0.2) is 19.9 Å². The first kappa shape index (κ1) is 23.4. The summed E-state index contributed by atoms with van der Waals surface area (Å²) in [6.45, 7) is -1.85. The fourth-order valence-corrected chi connectivity index (χ4v) is 3.54.